The Hall–Kier alpha value is -0.610. The van der Waals surface area contributed by atoms with Crippen molar-refractivity contribution >= 4 is 5.97 Å². The summed E-state index contributed by atoms with van der Waals surface area (Å²) >= 11 is 0. The van der Waals surface area contributed by atoms with E-state index in [1.165, 1.54) is 25.7 Å². The van der Waals surface area contributed by atoms with Crippen molar-refractivity contribution in [3.8, 4) is 0 Å². The lowest BCUT2D eigenvalue weighted by Crippen LogP contribution is -2.52. The van der Waals surface area contributed by atoms with Crippen LogP contribution in [0.25, 0.3) is 0 Å². The minimum absolute atomic E-state index is 0.0671. The molecule has 2 fully saturated rings. The minimum atomic E-state index is -0.714. The van der Waals surface area contributed by atoms with Gasteiger partial charge in [0.1, 0.15) is 0 Å². The van der Waals surface area contributed by atoms with Gasteiger partial charge in [0.15, 0.2) is 0 Å². The van der Waals surface area contributed by atoms with Gasteiger partial charge in [-0.25, -0.2) is 0 Å². The molecule has 2 rings (SSSR count). The Morgan fingerprint density at radius 1 is 1.25 bits per heavy atom. The molecule has 1 aliphatic carbocycles. The molecule has 1 saturated heterocycles. The second-order valence-electron chi connectivity index (χ2n) is 7.44. The molecule has 2 aliphatic rings. The maximum atomic E-state index is 11.0. The molecule has 1 aliphatic heterocycles. The normalized spacial score (nSPS) is 33.0. The van der Waals surface area contributed by atoms with Crippen molar-refractivity contribution in [2.75, 3.05) is 19.8 Å². The Labute approximate surface area is 122 Å². The molecule has 0 radical (unpaired) electrons. The molecule has 0 bridgehead atoms. The summed E-state index contributed by atoms with van der Waals surface area (Å²) in [6.07, 6.45) is 5.16. The summed E-state index contributed by atoms with van der Waals surface area (Å²) in [4.78, 5) is 13.4. The number of hydrogen-bond donors (Lipinski definition) is 1. The summed E-state index contributed by atoms with van der Waals surface area (Å²) in [6.45, 7) is 9.21. The van der Waals surface area contributed by atoms with Gasteiger partial charge in [-0.15, -0.1) is 0 Å². The summed E-state index contributed by atoms with van der Waals surface area (Å²) < 4.78 is 5.47. The first-order valence-electron chi connectivity index (χ1n) is 7.93. The van der Waals surface area contributed by atoms with Crippen LogP contribution in [0.3, 0.4) is 0 Å². The SMILES string of the molecule is CC(C)(C)C1CCC(N2CCOCC2CC(=O)O)CC1. The zero-order valence-electron chi connectivity index (χ0n) is 13.1. The fraction of sp³-hybridized carbons (Fsp3) is 0.938. The van der Waals surface area contributed by atoms with Gasteiger partial charge >= 0.3 is 5.97 Å². The van der Waals surface area contributed by atoms with Gasteiger partial charge < -0.3 is 9.84 Å². The third-order valence-electron chi connectivity index (χ3n) is 5.07. The van der Waals surface area contributed by atoms with Crippen LogP contribution >= 0.6 is 0 Å². The molecule has 0 aromatic heterocycles. The fourth-order valence-corrected chi connectivity index (χ4v) is 3.80. The average molecular weight is 283 g/mol. The van der Waals surface area contributed by atoms with E-state index in [-0.39, 0.29) is 12.5 Å². The molecule has 0 spiro atoms. The van der Waals surface area contributed by atoms with Gasteiger partial charge in [-0.2, -0.15) is 0 Å². The van der Waals surface area contributed by atoms with Gasteiger partial charge in [0.05, 0.1) is 19.6 Å². The Morgan fingerprint density at radius 3 is 2.45 bits per heavy atom. The summed E-state index contributed by atoms with van der Waals surface area (Å²) in [7, 11) is 0. The second-order valence-corrected chi connectivity index (χ2v) is 7.44. The summed E-state index contributed by atoms with van der Waals surface area (Å²) in [5.41, 5.74) is 0.399. The van der Waals surface area contributed by atoms with Crippen LogP contribution in [0.4, 0.5) is 0 Å². The molecule has 4 nitrogen and oxygen atoms in total. The highest BCUT2D eigenvalue weighted by molar-refractivity contribution is 5.67. The highest BCUT2D eigenvalue weighted by Gasteiger charge is 2.35. The molecule has 4 heteroatoms. The Balaban J connectivity index is 1.92. The molecule has 20 heavy (non-hydrogen) atoms. The highest BCUT2D eigenvalue weighted by atomic mass is 16.5. The Bertz CT molecular complexity index is 329. The van der Waals surface area contributed by atoms with Crippen molar-refractivity contribution in [3.63, 3.8) is 0 Å². The molecule has 1 saturated carbocycles. The molecule has 0 aromatic carbocycles. The van der Waals surface area contributed by atoms with Crippen molar-refractivity contribution in [2.45, 2.75) is 65.0 Å². The predicted molar refractivity (Wildman–Crippen MR) is 78.8 cm³/mol. The third kappa shape index (κ3) is 3.95. The summed E-state index contributed by atoms with van der Waals surface area (Å²) in [6, 6.07) is 0.624. The predicted octanol–water partition coefficient (Wildman–Crippen LogP) is 2.77. The number of carboxylic acids is 1. The zero-order chi connectivity index (χ0) is 14.8. The first kappa shape index (κ1) is 15.8. The molecule has 0 aromatic rings. The lowest BCUT2D eigenvalue weighted by Gasteiger charge is -2.45. The standard InChI is InChI=1S/C16H29NO3/c1-16(2,3)12-4-6-13(7-5-12)17-8-9-20-11-14(17)10-15(18)19/h12-14H,4-11H2,1-3H3,(H,18,19). The number of ether oxygens (including phenoxy) is 1. The van der Waals surface area contributed by atoms with Crippen LogP contribution < -0.4 is 0 Å². The molecular formula is C16H29NO3. The van der Waals surface area contributed by atoms with E-state index < -0.39 is 5.97 Å². The van der Waals surface area contributed by atoms with Gasteiger partial charge in [0.25, 0.3) is 0 Å². The largest absolute Gasteiger partial charge is 0.481 e. The quantitative estimate of drug-likeness (QED) is 0.865. The van der Waals surface area contributed by atoms with E-state index in [0.717, 1.165) is 19.1 Å². The van der Waals surface area contributed by atoms with Crippen LogP contribution in [0, 0.1) is 11.3 Å². The van der Waals surface area contributed by atoms with Crippen LogP contribution in [-0.2, 0) is 9.53 Å². The van der Waals surface area contributed by atoms with E-state index in [2.05, 4.69) is 25.7 Å². The van der Waals surface area contributed by atoms with Crippen LogP contribution in [0.1, 0.15) is 52.9 Å². The van der Waals surface area contributed by atoms with Gasteiger partial charge in [-0.3, -0.25) is 9.69 Å². The van der Waals surface area contributed by atoms with Crippen LogP contribution in [0.2, 0.25) is 0 Å². The monoisotopic (exact) mass is 283 g/mol. The van der Waals surface area contributed by atoms with Gasteiger partial charge in [-0.05, 0) is 37.0 Å². The van der Waals surface area contributed by atoms with Crippen molar-refractivity contribution in [3.05, 3.63) is 0 Å². The van der Waals surface area contributed by atoms with Crippen molar-refractivity contribution in [1.82, 2.24) is 4.90 Å². The Kier molecular flexibility index (Phi) is 5.08. The molecule has 1 N–H and O–H groups in total. The minimum Gasteiger partial charge on any atom is -0.481 e. The van der Waals surface area contributed by atoms with Crippen LogP contribution in [0.5, 0.6) is 0 Å². The number of nitrogens with zero attached hydrogens (tertiary/aromatic N) is 1. The number of aliphatic carboxylic acids is 1. The van der Waals surface area contributed by atoms with E-state index in [9.17, 15) is 4.79 Å². The molecule has 0 amide bonds. The first-order valence-corrected chi connectivity index (χ1v) is 7.93. The summed E-state index contributed by atoms with van der Waals surface area (Å²) in [5, 5.41) is 9.05. The average Bonchev–Trinajstić information content (AvgIpc) is 2.38. The van der Waals surface area contributed by atoms with Crippen molar-refractivity contribution in [2.24, 2.45) is 11.3 Å². The van der Waals surface area contributed by atoms with E-state index in [1.807, 2.05) is 0 Å². The highest BCUT2D eigenvalue weighted by Crippen LogP contribution is 2.39. The van der Waals surface area contributed by atoms with Crippen molar-refractivity contribution < 1.29 is 14.6 Å². The third-order valence-corrected chi connectivity index (χ3v) is 5.07. The number of carboxylic acid groups (broad SMARTS) is 1. The molecular weight excluding hydrogens is 254 g/mol. The van der Waals surface area contributed by atoms with Crippen LogP contribution in [-0.4, -0.2) is 47.8 Å². The van der Waals surface area contributed by atoms with Gasteiger partial charge in [-0.1, -0.05) is 20.8 Å². The number of rotatable bonds is 3. The zero-order valence-corrected chi connectivity index (χ0v) is 13.1. The van der Waals surface area contributed by atoms with E-state index in [0.29, 0.717) is 18.1 Å². The second kappa shape index (κ2) is 6.44. The maximum Gasteiger partial charge on any atom is 0.305 e. The van der Waals surface area contributed by atoms with E-state index >= 15 is 0 Å². The van der Waals surface area contributed by atoms with Crippen LogP contribution in [0.15, 0.2) is 0 Å². The topological polar surface area (TPSA) is 49.8 Å². The molecule has 1 unspecified atom stereocenters. The van der Waals surface area contributed by atoms with Gasteiger partial charge in [0.2, 0.25) is 0 Å². The first-order chi connectivity index (χ1) is 9.38. The molecule has 1 heterocycles. The lowest BCUT2D eigenvalue weighted by molar-refractivity contribution is -0.141. The molecule has 1 atom stereocenters. The lowest BCUT2D eigenvalue weighted by atomic mass is 9.71. The van der Waals surface area contributed by atoms with Crippen molar-refractivity contribution in [1.29, 1.82) is 0 Å². The number of carbonyl (C=O) groups is 1. The summed E-state index contributed by atoms with van der Waals surface area (Å²) in [5.74, 6) is 0.0894. The van der Waals surface area contributed by atoms with Gasteiger partial charge in [0, 0.05) is 18.6 Å². The van der Waals surface area contributed by atoms with E-state index in [1.54, 1.807) is 0 Å². The maximum absolute atomic E-state index is 11.0. The number of hydrogen-bond acceptors (Lipinski definition) is 3. The smallest absolute Gasteiger partial charge is 0.305 e. The molecule has 116 valence electrons. The number of morpholine rings is 1. The fourth-order valence-electron chi connectivity index (χ4n) is 3.80. The van der Waals surface area contributed by atoms with E-state index in [4.69, 9.17) is 9.84 Å². The Morgan fingerprint density at radius 2 is 1.90 bits per heavy atom.